The van der Waals surface area contributed by atoms with Crippen molar-refractivity contribution in [3.8, 4) is 0 Å². The molecule has 0 bridgehead atoms. The van der Waals surface area contributed by atoms with Gasteiger partial charge in [-0.3, -0.25) is 4.55 Å². The molecular weight excluding hydrogens is 186 g/mol. The molecule has 7 heteroatoms. The Morgan fingerprint density at radius 2 is 1.92 bits per heavy atom. The van der Waals surface area contributed by atoms with Gasteiger partial charge in [0.1, 0.15) is 0 Å². The van der Waals surface area contributed by atoms with E-state index in [4.69, 9.17) is 4.55 Å². The van der Waals surface area contributed by atoms with E-state index in [0.717, 1.165) is 6.42 Å². The highest BCUT2D eigenvalue weighted by atomic mass is 32.2. The van der Waals surface area contributed by atoms with Crippen molar-refractivity contribution in [3.05, 3.63) is 0 Å². The Hall–Kier alpha value is -0.820. The zero-order valence-electron chi connectivity index (χ0n) is 6.98. The summed E-state index contributed by atoms with van der Waals surface area (Å²) in [6, 6.07) is 0. The van der Waals surface area contributed by atoms with Crippen molar-refractivity contribution < 1.29 is 22.5 Å². The molecule has 1 amide bonds. The average molecular weight is 199 g/mol. The van der Waals surface area contributed by atoms with E-state index < -0.39 is 16.2 Å². The van der Waals surface area contributed by atoms with E-state index >= 15 is 0 Å². The van der Waals surface area contributed by atoms with E-state index in [9.17, 15) is 13.2 Å². The molecule has 0 aromatic heterocycles. The first-order valence-electron chi connectivity index (χ1n) is 3.12. The fraction of sp³-hybridized carbons (Fsp3) is 0.800. The van der Waals surface area contributed by atoms with Crippen LogP contribution in [0.15, 0.2) is 0 Å². The first-order chi connectivity index (χ1) is 5.27. The van der Waals surface area contributed by atoms with Crippen LogP contribution in [0.3, 0.4) is 0 Å². The van der Waals surface area contributed by atoms with Gasteiger partial charge in [0, 0.05) is 0 Å². The van der Waals surface area contributed by atoms with E-state index in [1.54, 1.807) is 0 Å². The Labute approximate surface area is 71.4 Å². The Morgan fingerprint density at radius 3 is 2.00 bits per heavy atom. The van der Waals surface area contributed by atoms with Crippen molar-refractivity contribution >= 4 is 16.2 Å². The van der Waals surface area contributed by atoms with Crippen molar-refractivity contribution in [2.75, 3.05) is 12.9 Å². The number of carbonyl (C=O) groups excluding carboxylic acids is 1. The number of carbonyl (C=O) groups is 1. The van der Waals surface area contributed by atoms with Gasteiger partial charge < -0.3 is 10.5 Å². The maximum Gasteiger partial charge on any atom is 0.404 e. The van der Waals surface area contributed by atoms with Crippen LogP contribution in [0.2, 0.25) is 0 Å². The largest absolute Gasteiger partial charge is 0.450 e. The molecule has 0 aliphatic rings. The third kappa shape index (κ3) is 60.7. The molecule has 0 aromatic carbocycles. The van der Waals surface area contributed by atoms with Crippen molar-refractivity contribution in [1.29, 1.82) is 0 Å². The molecule has 74 valence electrons. The molecule has 0 aromatic rings. The number of amides is 1. The third-order valence-corrected chi connectivity index (χ3v) is 0.448. The van der Waals surface area contributed by atoms with Gasteiger partial charge in [-0.15, -0.1) is 0 Å². The van der Waals surface area contributed by atoms with Gasteiger partial charge in [-0.05, 0) is 6.42 Å². The molecule has 0 aliphatic heterocycles. The number of primary amides is 1. The minimum atomic E-state index is -3.67. The molecule has 6 nitrogen and oxygen atoms in total. The Morgan fingerprint density at radius 1 is 1.58 bits per heavy atom. The normalized spacial score (nSPS) is 9.58. The van der Waals surface area contributed by atoms with Gasteiger partial charge in [0.2, 0.25) is 0 Å². The average Bonchev–Trinajstić information content (AvgIpc) is 1.79. The second kappa shape index (κ2) is 6.86. The van der Waals surface area contributed by atoms with E-state index in [1.807, 2.05) is 6.92 Å². The molecule has 0 fully saturated rings. The van der Waals surface area contributed by atoms with Crippen LogP contribution >= 0.6 is 0 Å². The van der Waals surface area contributed by atoms with Crippen LogP contribution in [0.5, 0.6) is 0 Å². The van der Waals surface area contributed by atoms with Gasteiger partial charge in [-0.1, -0.05) is 6.92 Å². The molecule has 0 radical (unpaired) electrons. The second-order valence-corrected chi connectivity index (χ2v) is 3.37. The van der Waals surface area contributed by atoms with Crippen LogP contribution < -0.4 is 5.73 Å². The first-order valence-corrected chi connectivity index (χ1v) is 4.97. The fourth-order valence-electron chi connectivity index (χ4n) is 0.203. The molecule has 12 heavy (non-hydrogen) atoms. The van der Waals surface area contributed by atoms with E-state index in [2.05, 4.69) is 10.5 Å². The molecule has 3 N–H and O–H groups in total. The van der Waals surface area contributed by atoms with Gasteiger partial charge in [-0.2, -0.15) is 8.42 Å². The molecule has 0 rings (SSSR count). The van der Waals surface area contributed by atoms with Crippen LogP contribution in [-0.4, -0.2) is 31.9 Å². The van der Waals surface area contributed by atoms with Gasteiger partial charge in [0.05, 0.1) is 12.9 Å². The molecule has 0 atom stereocenters. The topological polar surface area (TPSA) is 107 Å². The van der Waals surface area contributed by atoms with E-state index in [0.29, 0.717) is 12.9 Å². The summed E-state index contributed by atoms with van der Waals surface area (Å²) in [5.41, 5.74) is 4.62. The van der Waals surface area contributed by atoms with Gasteiger partial charge in [0.25, 0.3) is 10.1 Å². The third-order valence-electron chi connectivity index (χ3n) is 0.448. The predicted molar refractivity (Wildman–Crippen MR) is 43.3 cm³/mol. The van der Waals surface area contributed by atoms with Crippen molar-refractivity contribution in [1.82, 2.24) is 0 Å². The maximum absolute atomic E-state index is 9.76. The van der Waals surface area contributed by atoms with Crippen molar-refractivity contribution in [2.24, 2.45) is 5.73 Å². The van der Waals surface area contributed by atoms with Crippen LogP contribution in [-0.2, 0) is 14.9 Å². The first kappa shape index (κ1) is 13.7. The Bertz CT molecular complexity index is 202. The second-order valence-electron chi connectivity index (χ2n) is 1.90. The summed E-state index contributed by atoms with van der Waals surface area (Å²) < 4.78 is 30.2. The highest BCUT2D eigenvalue weighted by Gasteiger charge is 1.86. The molecule has 0 heterocycles. The summed E-state index contributed by atoms with van der Waals surface area (Å²) in [6.07, 6.45) is 0.845. The van der Waals surface area contributed by atoms with Crippen molar-refractivity contribution in [3.63, 3.8) is 0 Å². The van der Waals surface area contributed by atoms with Crippen LogP contribution in [0.1, 0.15) is 13.3 Å². The molecule has 0 aliphatic carbocycles. The highest BCUT2D eigenvalue weighted by Crippen LogP contribution is 1.76. The molecule has 0 spiro atoms. The van der Waals surface area contributed by atoms with Crippen molar-refractivity contribution in [2.45, 2.75) is 13.3 Å². The number of hydrogen-bond donors (Lipinski definition) is 2. The van der Waals surface area contributed by atoms with Gasteiger partial charge >= 0.3 is 6.09 Å². The predicted octanol–water partition coefficient (Wildman–Crippen LogP) is -0.00430. The highest BCUT2D eigenvalue weighted by molar-refractivity contribution is 7.85. The number of nitrogens with two attached hydrogens (primary N) is 1. The van der Waals surface area contributed by atoms with E-state index in [-0.39, 0.29) is 0 Å². The summed E-state index contributed by atoms with van der Waals surface area (Å²) in [5, 5.41) is 0. The minimum absolute atomic E-state index is 0.426. The number of rotatable bonds is 2. The minimum Gasteiger partial charge on any atom is -0.450 e. The summed E-state index contributed by atoms with van der Waals surface area (Å²) in [5.74, 6) is 0. The number of hydrogen-bond acceptors (Lipinski definition) is 4. The lowest BCUT2D eigenvalue weighted by molar-refractivity contribution is 0.157. The SMILES string of the molecule is CCCOC(N)=O.CS(=O)(=O)O. The van der Waals surface area contributed by atoms with Gasteiger partial charge in [-0.25, -0.2) is 4.79 Å². The lowest BCUT2D eigenvalue weighted by atomic mass is 10.5. The quantitative estimate of drug-likeness (QED) is 0.608. The standard InChI is InChI=1S/C4H9NO2.CH4O3S/c1-2-3-7-4(5)6;1-5(2,3)4/h2-3H2,1H3,(H2,5,6);1H3,(H,2,3,4). The maximum atomic E-state index is 9.76. The summed E-state index contributed by atoms with van der Waals surface area (Å²) in [4.78, 5) is 9.76. The van der Waals surface area contributed by atoms with E-state index in [1.165, 1.54) is 0 Å². The monoisotopic (exact) mass is 199 g/mol. The fourth-order valence-corrected chi connectivity index (χ4v) is 0.203. The summed E-state index contributed by atoms with van der Waals surface area (Å²) in [7, 11) is -3.67. The molecule has 0 saturated heterocycles. The zero-order chi connectivity index (χ0) is 10.2. The van der Waals surface area contributed by atoms with Crippen LogP contribution in [0.4, 0.5) is 4.79 Å². The smallest absolute Gasteiger partial charge is 0.404 e. The number of ether oxygens (including phenoxy) is 1. The summed E-state index contributed by atoms with van der Waals surface area (Å²) >= 11 is 0. The lowest BCUT2D eigenvalue weighted by Gasteiger charge is -1.93. The molecule has 0 unspecified atom stereocenters. The Kier molecular flexibility index (Phi) is 7.86. The van der Waals surface area contributed by atoms with Gasteiger partial charge in [0.15, 0.2) is 0 Å². The Balaban J connectivity index is 0. The lowest BCUT2D eigenvalue weighted by Crippen LogP contribution is -2.12. The molecule has 0 saturated carbocycles. The summed E-state index contributed by atoms with van der Waals surface area (Å²) in [6.45, 7) is 2.33. The molecular formula is C5H13NO5S. The van der Waals surface area contributed by atoms with Crippen LogP contribution in [0, 0.1) is 0 Å². The zero-order valence-corrected chi connectivity index (χ0v) is 7.80. The van der Waals surface area contributed by atoms with Crippen LogP contribution in [0.25, 0.3) is 0 Å².